The number of sulfone groups is 1. The van der Waals surface area contributed by atoms with E-state index >= 15 is 0 Å². The van der Waals surface area contributed by atoms with E-state index in [-0.39, 0.29) is 23.1 Å². The zero-order valence-corrected chi connectivity index (χ0v) is 26.9. The second kappa shape index (κ2) is 11.8. The van der Waals surface area contributed by atoms with E-state index in [1.807, 2.05) is 30.3 Å². The van der Waals surface area contributed by atoms with Crippen LogP contribution >= 0.6 is 0 Å². The first-order valence-corrected chi connectivity index (χ1v) is 19.1. The predicted molar refractivity (Wildman–Crippen MR) is 169 cm³/mol. The summed E-state index contributed by atoms with van der Waals surface area (Å²) < 4.78 is 51.7. The van der Waals surface area contributed by atoms with Gasteiger partial charge in [0, 0.05) is 44.3 Å². The van der Waals surface area contributed by atoms with E-state index in [2.05, 4.69) is 28.0 Å². The molecule has 0 spiro atoms. The fourth-order valence-corrected chi connectivity index (χ4v) is 10.5. The van der Waals surface area contributed by atoms with Crippen LogP contribution in [0.2, 0.25) is 0 Å². The van der Waals surface area contributed by atoms with E-state index in [9.17, 15) is 22.1 Å². The Morgan fingerprint density at radius 3 is 2.14 bits per heavy atom. The number of sulfonamides is 1. The highest BCUT2D eigenvalue weighted by Crippen LogP contribution is 2.51. The maximum Gasteiger partial charge on any atom is 0.211 e. The maximum absolute atomic E-state index is 12.6. The standard InChI is InChI=1S/C33H44N4O4S2/c1-35(42(2,38)39)32-10-6-9-31(32)33(24-34,26-7-4-3-5-8-26)27-17-19-36(20-18-27)21-25-22-37(23-25)28-11-13-29(14-12-28)43(40,41)30-15-16-30/h3-5,7-8,11-14,25,27,30-32H,6,9-10,15-23H2,1-2H3/t31-,32?,33?/m1/s1. The van der Waals surface area contributed by atoms with E-state index in [1.54, 1.807) is 19.2 Å². The van der Waals surface area contributed by atoms with Crippen molar-refractivity contribution < 1.29 is 16.8 Å². The Balaban J connectivity index is 1.09. The number of anilines is 1. The first-order valence-electron chi connectivity index (χ1n) is 15.7. The van der Waals surface area contributed by atoms with Crippen LogP contribution < -0.4 is 4.90 Å². The summed E-state index contributed by atoms with van der Waals surface area (Å²) >= 11 is 0. The van der Waals surface area contributed by atoms with Crippen LogP contribution in [0.5, 0.6) is 0 Å². The molecule has 2 aliphatic heterocycles. The molecule has 2 aromatic rings. The summed E-state index contributed by atoms with van der Waals surface area (Å²) in [5.74, 6) is 0.684. The van der Waals surface area contributed by atoms with E-state index in [0.717, 1.165) is 88.9 Å². The van der Waals surface area contributed by atoms with Crippen molar-refractivity contribution in [2.24, 2.45) is 17.8 Å². The summed E-state index contributed by atoms with van der Waals surface area (Å²) in [6.07, 6.45) is 7.25. The molecule has 4 aliphatic rings. The molecule has 0 aromatic heterocycles. The van der Waals surface area contributed by atoms with Crippen molar-refractivity contribution in [1.29, 1.82) is 5.26 Å². The Bertz CT molecular complexity index is 1540. The van der Waals surface area contributed by atoms with Crippen LogP contribution in [-0.2, 0) is 25.3 Å². The first kappa shape index (κ1) is 30.6. The molecule has 3 atom stereocenters. The van der Waals surface area contributed by atoms with Crippen molar-refractivity contribution >= 4 is 25.5 Å². The van der Waals surface area contributed by atoms with Crippen LogP contribution in [0.25, 0.3) is 0 Å². The lowest BCUT2D eigenvalue weighted by atomic mass is 9.59. The fourth-order valence-electron chi connectivity index (χ4n) is 8.11. The van der Waals surface area contributed by atoms with Gasteiger partial charge in [-0.3, -0.25) is 0 Å². The van der Waals surface area contributed by atoms with E-state index in [1.165, 1.54) is 10.6 Å². The molecule has 43 heavy (non-hydrogen) atoms. The van der Waals surface area contributed by atoms with Gasteiger partial charge in [-0.25, -0.2) is 21.1 Å². The van der Waals surface area contributed by atoms with Gasteiger partial charge in [0.15, 0.2) is 9.84 Å². The Kier molecular flexibility index (Phi) is 8.40. The molecule has 2 aromatic carbocycles. The van der Waals surface area contributed by atoms with Gasteiger partial charge in [0.1, 0.15) is 0 Å². The summed E-state index contributed by atoms with van der Waals surface area (Å²) in [7, 11) is -4.84. The molecule has 10 heteroatoms. The lowest BCUT2D eigenvalue weighted by molar-refractivity contribution is 0.0885. The van der Waals surface area contributed by atoms with Crippen LogP contribution in [0.1, 0.15) is 50.5 Å². The second-order valence-corrected chi connectivity index (χ2v) is 17.6. The minimum Gasteiger partial charge on any atom is -0.371 e. The van der Waals surface area contributed by atoms with Crippen LogP contribution in [0.4, 0.5) is 5.69 Å². The second-order valence-electron chi connectivity index (χ2n) is 13.3. The van der Waals surface area contributed by atoms with Crippen LogP contribution in [0.15, 0.2) is 59.5 Å². The molecule has 232 valence electrons. The number of hydrogen-bond acceptors (Lipinski definition) is 7. The smallest absolute Gasteiger partial charge is 0.211 e. The molecule has 0 radical (unpaired) electrons. The summed E-state index contributed by atoms with van der Waals surface area (Å²) in [6.45, 7) is 4.81. The molecule has 2 unspecified atom stereocenters. The average Bonchev–Trinajstić information content (AvgIpc) is 3.75. The van der Waals surface area contributed by atoms with Gasteiger partial charge in [-0.15, -0.1) is 0 Å². The van der Waals surface area contributed by atoms with Gasteiger partial charge < -0.3 is 9.80 Å². The van der Waals surface area contributed by atoms with E-state index < -0.39 is 25.3 Å². The maximum atomic E-state index is 12.6. The molecule has 8 nitrogen and oxygen atoms in total. The van der Waals surface area contributed by atoms with E-state index in [0.29, 0.717) is 10.8 Å². The normalized spacial score (nSPS) is 25.8. The highest BCUT2D eigenvalue weighted by molar-refractivity contribution is 7.92. The van der Waals surface area contributed by atoms with Gasteiger partial charge in [0.2, 0.25) is 10.0 Å². The monoisotopic (exact) mass is 624 g/mol. The predicted octanol–water partition coefficient (Wildman–Crippen LogP) is 4.29. The molecular weight excluding hydrogens is 581 g/mol. The third kappa shape index (κ3) is 5.86. The highest BCUT2D eigenvalue weighted by Gasteiger charge is 2.53. The molecule has 2 saturated carbocycles. The van der Waals surface area contributed by atoms with Crippen molar-refractivity contribution in [3.8, 4) is 6.07 Å². The number of piperidine rings is 1. The SMILES string of the molecule is CN(C1CCC[C@H]1C(C#N)(c1ccccc1)C1CCN(CC2CN(c3ccc(S(=O)(=O)C4CC4)cc3)C2)CC1)S(C)(=O)=O. The Labute approximate surface area is 257 Å². The third-order valence-corrected chi connectivity index (χ3v) is 14.3. The number of nitriles is 1. The third-order valence-electron chi connectivity index (χ3n) is 10.7. The number of nitrogens with zero attached hydrogens (tertiary/aromatic N) is 4. The van der Waals surface area contributed by atoms with Crippen molar-refractivity contribution in [2.45, 2.75) is 66.5 Å². The fraction of sp³-hybridized carbons (Fsp3) is 0.606. The minimum atomic E-state index is -3.37. The van der Waals surface area contributed by atoms with Crippen molar-refractivity contribution in [1.82, 2.24) is 9.21 Å². The Hall–Kier alpha value is -2.45. The molecule has 4 fully saturated rings. The summed E-state index contributed by atoms with van der Waals surface area (Å²) in [4.78, 5) is 5.29. The summed E-state index contributed by atoms with van der Waals surface area (Å²) in [5.41, 5.74) is 1.39. The molecule has 0 amide bonds. The quantitative estimate of drug-likeness (QED) is 0.389. The van der Waals surface area contributed by atoms with Gasteiger partial charge in [0.05, 0.1) is 27.9 Å². The molecule has 0 bridgehead atoms. The molecule has 2 saturated heterocycles. The lowest BCUT2D eigenvalue weighted by Crippen LogP contribution is -2.55. The Morgan fingerprint density at radius 2 is 1.56 bits per heavy atom. The van der Waals surface area contributed by atoms with Crippen molar-refractivity contribution in [3.63, 3.8) is 0 Å². The summed E-state index contributed by atoms with van der Waals surface area (Å²) in [5, 5.41) is 10.8. The largest absolute Gasteiger partial charge is 0.371 e. The first-order chi connectivity index (χ1) is 20.5. The topological polar surface area (TPSA) is 102 Å². The van der Waals surface area contributed by atoms with Crippen LogP contribution in [-0.4, -0.2) is 83.4 Å². The highest BCUT2D eigenvalue weighted by atomic mass is 32.2. The number of hydrogen-bond donors (Lipinski definition) is 0. The zero-order valence-electron chi connectivity index (χ0n) is 25.3. The van der Waals surface area contributed by atoms with Gasteiger partial charge in [-0.05, 0) is 93.3 Å². The number of likely N-dealkylation sites (tertiary alicyclic amines) is 1. The van der Waals surface area contributed by atoms with Gasteiger partial charge in [-0.2, -0.15) is 5.26 Å². The molecule has 0 N–H and O–H groups in total. The van der Waals surface area contributed by atoms with Gasteiger partial charge in [0.25, 0.3) is 0 Å². The molecule has 6 rings (SSSR count). The van der Waals surface area contributed by atoms with Gasteiger partial charge >= 0.3 is 0 Å². The molecule has 2 aliphatic carbocycles. The van der Waals surface area contributed by atoms with E-state index in [4.69, 9.17) is 0 Å². The number of rotatable bonds is 10. The summed E-state index contributed by atoms with van der Waals surface area (Å²) in [6, 6.07) is 20.2. The minimum absolute atomic E-state index is 0.0398. The van der Waals surface area contributed by atoms with Crippen LogP contribution in [0, 0.1) is 29.1 Å². The van der Waals surface area contributed by atoms with Gasteiger partial charge in [-0.1, -0.05) is 36.8 Å². The van der Waals surface area contributed by atoms with Crippen LogP contribution in [0.3, 0.4) is 0 Å². The Morgan fingerprint density at radius 1 is 0.907 bits per heavy atom. The number of benzene rings is 2. The lowest BCUT2D eigenvalue weighted by Gasteiger charge is -2.48. The zero-order chi connectivity index (χ0) is 30.4. The molecule has 2 heterocycles. The molecular formula is C33H44N4O4S2. The van der Waals surface area contributed by atoms with Crippen molar-refractivity contribution in [2.75, 3.05) is 50.9 Å². The van der Waals surface area contributed by atoms with Crippen molar-refractivity contribution in [3.05, 3.63) is 60.2 Å². The average molecular weight is 625 g/mol.